The SMILES string of the molecule is CN(C)C=NC(=O)N1CCN(c2ncc(C(F)(F)F)cc2Cl)CC1. The molecule has 0 saturated carbocycles. The van der Waals surface area contributed by atoms with Crippen LogP contribution in [0.15, 0.2) is 17.3 Å². The van der Waals surface area contributed by atoms with Crippen LogP contribution in [0.1, 0.15) is 5.56 Å². The number of rotatable bonds is 2. The summed E-state index contributed by atoms with van der Waals surface area (Å²) in [4.78, 5) is 24.5. The van der Waals surface area contributed by atoms with E-state index in [1.54, 1.807) is 28.8 Å². The number of hydrogen-bond acceptors (Lipinski definition) is 3. The van der Waals surface area contributed by atoms with Gasteiger partial charge in [-0.2, -0.15) is 18.2 Å². The van der Waals surface area contributed by atoms with Gasteiger partial charge in [-0.15, -0.1) is 0 Å². The highest BCUT2D eigenvalue weighted by molar-refractivity contribution is 6.33. The van der Waals surface area contributed by atoms with Gasteiger partial charge in [0.25, 0.3) is 0 Å². The van der Waals surface area contributed by atoms with Crippen molar-refractivity contribution in [2.45, 2.75) is 6.18 Å². The quantitative estimate of drug-likeness (QED) is 0.598. The summed E-state index contributed by atoms with van der Waals surface area (Å²) in [5.41, 5.74) is -0.886. The minimum absolute atomic E-state index is 0.0600. The van der Waals surface area contributed by atoms with E-state index >= 15 is 0 Å². The number of aliphatic imine (C=N–C) groups is 1. The fraction of sp³-hybridized carbons (Fsp3) is 0.500. The second kappa shape index (κ2) is 7.25. The summed E-state index contributed by atoms with van der Waals surface area (Å²) in [6, 6.07) is 0.512. The van der Waals surface area contributed by atoms with Gasteiger partial charge in [-0.25, -0.2) is 9.78 Å². The molecular weight excluding hydrogens is 347 g/mol. The minimum atomic E-state index is -4.48. The Kier molecular flexibility index (Phi) is 5.53. The summed E-state index contributed by atoms with van der Waals surface area (Å²) >= 11 is 5.94. The molecule has 0 aromatic carbocycles. The minimum Gasteiger partial charge on any atom is -0.369 e. The first kappa shape index (κ1) is 18.3. The van der Waals surface area contributed by atoms with Crippen LogP contribution in [0.4, 0.5) is 23.8 Å². The van der Waals surface area contributed by atoms with Gasteiger partial charge < -0.3 is 14.7 Å². The molecule has 132 valence electrons. The van der Waals surface area contributed by atoms with E-state index in [0.717, 1.165) is 12.3 Å². The van der Waals surface area contributed by atoms with E-state index in [1.165, 1.54) is 6.34 Å². The van der Waals surface area contributed by atoms with Crippen LogP contribution in [0.2, 0.25) is 5.02 Å². The van der Waals surface area contributed by atoms with Gasteiger partial charge in [-0.1, -0.05) is 11.6 Å². The summed E-state index contributed by atoms with van der Waals surface area (Å²) in [6.07, 6.45) is -2.30. The van der Waals surface area contributed by atoms with Crippen LogP contribution >= 0.6 is 11.6 Å². The number of amides is 2. The number of anilines is 1. The maximum atomic E-state index is 12.6. The zero-order valence-electron chi connectivity index (χ0n) is 13.2. The molecule has 0 unspecified atom stereocenters. The van der Waals surface area contributed by atoms with Crippen LogP contribution in [-0.2, 0) is 6.18 Å². The first-order valence-corrected chi connectivity index (χ1v) is 7.53. The van der Waals surface area contributed by atoms with E-state index in [4.69, 9.17) is 11.6 Å². The standard InChI is InChI=1S/C14H17ClF3N5O/c1-21(2)9-20-13(24)23-5-3-22(4-6-23)12-11(15)7-10(8-19-12)14(16,17)18/h7-9H,3-6H2,1-2H3. The summed E-state index contributed by atoms with van der Waals surface area (Å²) in [6.45, 7) is 1.62. The number of urea groups is 1. The lowest BCUT2D eigenvalue weighted by Gasteiger charge is -2.34. The van der Waals surface area contributed by atoms with E-state index in [1.807, 2.05) is 0 Å². The molecule has 0 atom stereocenters. The predicted molar refractivity (Wildman–Crippen MR) is 85.6 cm³/mol. The Morgan fingerprint density at radius 2 is 1.96 bits per heavy atom. The Morgan fingerprint density at radius 3 is 2.46 bits per heavy atom. The average molecular weight is 364 g/mol. The predicted octanol–water partition coefficient (Wildman–Crippen LogP) is 2.59. The van der Waals surface area contributed by atoms with Crippen molar-refractivity contribution in [2.75, 3.05) is 45.2 Å². The number of hydrogen-bond donors (Lipinski definition) is 0. The zero-order chi connectivity index (χ0) is 17.9. The number of piperazine rings is 1. The summed E-state index contributed by atoms with van der Waals surface area (Å²) < 4.78 is 37.9. The van der Waals surface area contributed by atoms with E-state index in [-0.39, 0.29) is 16.9 Å². The van der Waals surface area contributed by atoms with Crippen LogP contribution in [0, 0.1) is 0 Å². The van der Waals surface area contributed by atoms with Crippen molar-refractivity contribution in [1.82, 2.24) is 14.8 Å². The van der Waals surface area contributed by atoms with Crippen molar-refractivity contribution in [2.24, 2.45) is 4.99 Å². The first-order chi connectivity index (χ1) is 11.2. The highest BCUT2D eigenvalue weighted by atomic mass is 35.5. The van der Waals surface area contributed by atoms with Crippen LogP contribution < -0.4 is 4.90 Å². The number of halogens is 4. The molecule has 0 radical (unpaired) electrons. The van der Waals surface area contributed by atoms with E-state index in [0.29, 0.717) is 26.2 Å². The molecule has 24 heavy (non-hydrogen) atoms. The summed E-state index contributed by atoms with van der Waals surface area (Å²) in [5.74, 6) is 0.286. The third-order valence-electron chi connectivity index (χ3n) is 3.40. The number of alkyl halides is 3. The second-order valence-corrected chi connectivity index (χ2v) is 5.90. The zero-order valence-corrected chi connectivity index (χ0v) is 14.0. The number of aromatic nitrogens is 1. The number of pyridine rings is 1. The Labute approximate surface area is 142 Å². The Bertz CT molecular complexity index is 627. The summed E-state index contributed by atoms with van der Waals surface area (Å²) in [5, 5.41) is -0.0600. The molecule has 1 aromatic heterocycles. The fourth-order valence-electron chi connectivity index (χ4n) is 2.17. The average Bonchev–Trinajstić information content (AvgIpc) is 2.52. The molecule has 0 aliphatic carbocycles. The molecule has 2 amide bonds. The van der Waals surface area contributed by atoms with Crippen molar-refractivity contribution >= 4 is 29.8 Å². The Balaban J connectivity index is 2.01. The van der Waals surface area contributed by atoms with E-state index in [2.05, 4.69) is 9.98 Å². The monoisotopic (exact) mass is 363 g/mol. The van der Waals surface area contributed by atoms with Gasteiger partial charge in [0, 0.05) is 46.5 Å². The highest BCUT2D eigenvalue weighted by Gasteiger charge is 2.32. The van der Waals surface area contributed by atoms with E-state index in [9.17, 15) is 18.0 Å². The molecule has 1 aliphatic rings. The molecule has 6 nitrogen and oxygen atoms in total. The highest BCUT2D eigenvalue weighted by Crippen LogP contribution is 2.33. The lowest BCUT2D eigenvalue weighted by Crippen LogP contribution is -2.48. The number of carbonyl (C=O) groups excluding carboxylic acids is 1. The van der Waals surface area contributed by atoms with E-state index < -0.39 is 11.7 Å². The van der Waals surface area contributed by atoms with Crippen molar-refractivity contribution in [1.29, 1.82) is 0 Å². The molecule has 1 aromatic rings. The van der Waals surface area contributed by atoms with Crippen LogP contribution in [0.25, 0.3) is 0 Å². The van der Waals surface area contributed by atoms with Gasteiger partial charge in [0.2, 0.25) is 0 Å². The largest absolute Gasteiger partial charge is 0.417 e. The van der Waals surface area contributed by atoms with Crippen molar-refractivity contribution in [3.05, 3.63) is 22.8 Å². The Morgan fingerprint density at radius 1 is 1.33 bits per heavy atom. The molecule has 0 N–H and O–H groups in total. The smallest absolute Gasteiger partial charge is 0.369 e. The van der Waals surface area contributed by atoms with Gasteiger partial charge in [0.05, 0.1) is 16.9 Å². The van der Waals surface area contributed by atoms with Gasteiger partial charge in [-0.05, 0) is 6.07 Å². The lowest BCUT2D eigenvalue weighted by molar-refractivity contribution is -0.137. The maximum absolute atomic E-state index is 12.6. The van der Waals surface area contributed by atoms with Crippen LogP contribution in [-0.4, -0.2) is 67.4 Å². The maximum Gasteiger partial charge on any atom is 0.417 e. The molecule has 1 aliphatic heterocycles. The lowest BCUT2D eigenvalue weighted by atomic mass is 10.2. The van der Waals surface area contributed by atoms with Crippen molar-refractivity contribution in [3.63, 3.8) is 0 Å². The number of carbonyl (C=O) groups is 1. The van der Waals surface area contributed by atoms with Gasteiger partial charge in [-0.3, -0.25) is 0 Å². The van der Waals surface area contributed by atoms with Crippen LogP contribution in [0.5, 0.6) is 0 Å². The molecular formula is C14H17ClF3N5O. The third-order valence-corrected chi connectivity index (χ3v) is 3.68. The van der Waals surface area contributed by atoms with Gasteiger partial charge in [0.1, 0.15) is 5.82 Å². The van der Waals surface area contributed by atoms with Crippen molar-refractivity contribution < 1.29 is 18.0 Å². The summed E-state index contributed by atoms with van der Waals surface area (Å²) in [7, 11) is 3.51. The number of nitrogens with zero attached hydrogens (tertiary/aromatic N) is 5. The molecule has 10 heteroatoms. The molecule has 0 bridgehead atoms. The van der Waals surface area contributed by atoms with Crippen LogP contribution in [0.3, 0.4) is 0 Å². The fourth-order valence-corrected chi connectivity index (χ4v) is 2.46. The normalized spacial score (nSPS) is 15.9. The van der Waals surface area contributed by atoms with Crippen molar-refractivity contribution in [3.8, 4) is 0 Å². The molecule has 1 saturated heterocycles. The topological polar surface area (TPSA) is 52.0 Å². The molecule has 2 heterocycles. The second-order valence-electron chi connectivity index (χ2n) is 5.49. The molecule has 0 spiro atoms. The first-order valence-electron chi connectivity index (χ1n) is 7.15. The van der Waals surface area contributed by atoms with Gasteiger partial charge in [0.15, 0.2) is 0 Å². The molecule has 2 rings (SSSR count). The third kappa shape index (κ3) is 4.50. The van der Waals surface area contributed by atoms with Gasteiger partial charge >= 0.3 is 12.2 Å². The Hall–Kier alpha value is -2.03. The molecule has 1 fully saturated rings.